The highest BCUT2D eigenvalue weighted by Gasteiger charge is 2.14. The summed E-state index contributed by atoms with van der Waals surface area (Å²) in [5.74, 6) is 1.02. The molecule has 0 bridgehead atoms. The zero-order valence-electron chi connectivity index (χ0n) is 10.6. The highest BCUT2D eigenvalue weighted by atomic mass is 16.5. The van der Waals surface area contributed by atoms with Crippen molar-refractivity contribution in [1.82, 2.24) is 0 Å². The largest absolute Gasteiger partial charge is 0.497 e. The summed E-state index contributed by atoms with van der Waals surface area (Å²) < 4.78 is 5.04. The fourth-order valence-corrected chi connectivity index (χ4v) is 1.52. The molecular weight excluding hydrogens is 216 g/mol. The number of methoxy groups -OCH3 is 1. The molecule has 4 heteroatoms. The molecule has 0 heterocycles. The van der Waals surface area contributed by atoms with Crippen LogP contribution in [0.2, 0.25) is 0 Å². The van der Waals surface area contributed by atoms with Crippen LogP contribution >= 0.6 is 0 Å². The highest BCUT2D eigenvalue weighted by molar-refractivity contribution is 5.94. The van der Waals surface area contributed by atoms with E-state index in [1.54, 1.807) is 31.4 Å². The van der Waals surface area contributed by atoms with Crippen LogP contribution in [0, 0.1) is 5.92 Å². The molecule has 1 aromatic rings. The Morgan fingerprint density at radius 1 is 1.35 bits per heavy atom. The molecule has 0 saturated heterocycles. The maximum atomic E-state index is 11.7. The summed E-state index contributed by atoms with van der Waals surface area (Å²) in [5, 5.41) is 2.78. The molecule has 94 valence electrons. The van der Waals surface area contributed by atoms with Crippen LogP contribution < -0.4 is 15.8 Å². The van der Waals surface area contributed by atoms with E-state index in [0.717, 1.165) is 11.4 Å². The summed E-state index contributed by atoms with van der Waals surface area (Å²) in [5.41, 5.74) is 6.52. The van der Waals surface area contributed by atoms with E-state index < -0.39 is 6.04 Å². The van der Waals surface area contributed by atoms with Crippen molar-refractivity contribution in [1.29, 1.82) is 0 Å². The van der Waals surface area contributed by atoms with E-state index in [4.69, 9.17) is 10.5 Å². The van der Waals surface area contributed by atoms with E-state index in [0.29, 0.717) is 12.3 Å². The van der Waals surface area contributed by atoms with Crippen molar-refractivity contribution in [2.45, 2.75) is 26.3 Å². The number of carbonyl (C=O) groups is 1. The summed E-state index contributed by atoms with van der Waals surface area (Å²) in [4.78, 5) is 11.7. The third kappa shape index (κ3) is 4.44. The number of rotatable bonds is 5. The maximum absolute atomic E-state index is 11.7. The Hall–Kier alpha value is -1.55. The molecule has 0 aliphatic heterocycles. The Morgan fingerprint density at radius 2 is 1.94 bits per heavy atom. The summed E-state index contributed by atoms with van der Waals surface area (Å²) in [7, 11) is 1.60. The lowest BCUT2D eigenvalue weighted by atomic mass is 10.0. The van der Waals surface area contributed by atoms with Crippen LogP contribution in [0.5, 0.6) is 5.75 Å². The first kappa shape index (κ1) is 13.5. The van der Waals surface area contributed by atoms with E-state index in [9.17, 15) is 4.79 Å². The Kier molecular flexibility index (Phi) is 4.97. The van der Waals surface area contributed by atoms with Gasteiger partial charge in [0, 0.05) is 5.69 Å². The molecule has 4 nitrogen and oxygen atoms in total. The van der Waals surface area contributed by atoms with Gasteiger partial charge in [-0.3, -0.25) is 4.79 Å². The van der Waals surface area contributed by atoms with Gasteiger partial charge in [0.1, 0.15) is 5.75 Å². The smallest absolute Gasteiger partial charge is 0.241 e. The average molecular weight is 236 g/mol. The first-order valence-electron chi connectivity index (χ1n) is 5.73. The zero-order chi connectivity index (χ0) is 12.8. The van der Waals surface area contributed by atoms with E-state index in [1.807, 2.05) is 13.8 Å². The molecule has 3 N–H and O–H groups in total. The van der Waals surface area contributed by atoms with Gasteiger partial charge in [-0.2, -0.15) is 0 Å². The number of nitrogens with one attached hydrogen (secondary N) is 1. The number of benzene rings is 1. The Morgan fingerprint density at radius 3 is 2.41 bits per heavy atom. The van der Waals surface area contributed by atoms with Crippen LogP contribution in [-0.4, -0.2) is 19.1 Å². The van der Waals surface area contributed by atoms with E-state index in [-0.39, 0.29) is 5.91 Å². The van der Waals surface area contributed by atoms with Gasteiger partial charge in [-0.15, -0.1) is 0 Å². The summed E-state index contributed by atoms with van der Waals surface area (Å²) in [6, 6.07) is 6.71. The molecule has 0 aromatic heterocycles. The Balaban J connectivity index is 2.55. The topological polar surface area (TPSA) is 64.3 Å². The second kappa shape index (κ2) is 6.25. The predicted molar refractivity (Wildman–Crippen MR) is 69.1 cm³/mol. The van der Waals surface area contributed by atoms with Gasteiger partial charge in [0.25, 0.3) is 0 Å². The number of hydrogen-bond acceptors (Lipinski definition) is 3. The molecule has 1 rings (SSSR count). The summed E-state index contributed by atoms with van der Waals surface area (Å²) in [6.07, 6.45) is 0.683. The van der Waals surface area contributed by atoms with Crippen LogP contribution in [-0.2, 0) is 4.79 Å². The van der Waals surface area contributed by atoms with Crippen molar-refractivity contribution >= 4 is 11.6 Å². The molecule has 0 spiro atoms. The van der Waals surface area contributed by atoms with Crippen molar-refractivity contribution in [3.8, 4) is 5.75 Å². The molecule has 0 aliphatic rings. The molecular formula is C13H20N2O2. The zero-order valence-corrected chi connectivity index (χ0v) is 10.6. The van der Waals surface area contributed by atoms with Gasteiger partial charge in [-0.1, -0.05) is 13.8 Å². The van der Waals surface area contributed by atoms with Crippen LogP contribution in [0.3, 0.4) is 0 Å². The minimum absolute atomic E-state index is 0.149. The number of anilines is 1. The van der Waals surface area contributed by atoms with Gasteiger partial charge in [0.2, 0.25) is 5.91 Å². The van der Waals surface area contributed by atoms with Crippen molar-refractivity contribution in [3.05, 3.63) is 24.3 Å². The van der Waals surface area contributed by atoms with Gasteiger partial charge in [0.05, 0.1) is 13.2 Å². The fraction of sp³-hybridized carbons (Fsp3) is 0.462. The van der Waals surface area contributed by atoms with E-state index in [2.05, 4.69) is 5.32 Å². The van der Waals surface area contributed by atoms with Gasteiger partial charge >= 0.3 is 0 Å². The maximum Gasteiger partial charge on any atom is 0.241 e. The summed E-state index contributed by atoms with van der Waals surface area (Å²) >= 11 is 0. The Bertz CT molecular complexity index is 360. The lowest BCUT2D eigenvalue weighted by Gasteiger charge is -2.14. The first-order chi connectivity index (χ1) is 8.02. The van der Waals surface area contributed by atoms with Crippen molar-refractivity contribution in [2.75, 3.05) is 12.4 Å². The van der Waals surface area contributed by atoms with Crippen LogP contribution in [0.4, 0.5) is 5.69 Å². The molecule has 0 fully saturated rings. The van der Waals surface area contributed by atoms with Gasteiger partial charge in [-0.05, 0) is 36.6 Å². The second-order valence-electron chi connectivity index (χ2n) is 4.45. The molecule has 1 amide bonds. The molecule has 0 aliphatic carbocycles. The minimum atomic E-state index is -0.461. The van der Waals surface area contributed by atoms with E-state index >= 15 is 0 Å². The molecule has 1 unspecified atom stereocenters. The monoisotopic (exact) mass is 236 g/mol. The number of carbonyl (C=O) groups excluding carboxylic acids is 1. The predicted octanol–water partition coefficient (Wildman–Crippen LogP) is 2.01. The highest BCUT2D eigenvalue weighted by Crippen LogP contribution is 2.15. The first-order valence-corrected chi connectivity index (χ1v) is 5.73. The summed E-state index contributed by atoms with van der Waals surface area (Å²) in [6.45, 7) is 4.08. The molecule has 1 atom stereocenters. The van der Waals surface area contributed by atoms with Crippen LogP contribution in [0.15, 0.2) is 24.3 Å². The van der Waals surface area contributed by atoms with Crippen molar-refractivity contribution in [3.63, 3.8) is 0 Å². The molecule has 0 radical (unpaired) electrons. The van der Waals surface area contributed by atoms with Gasteiger partial charge in [-0.25, -0.2) is 0 Å². The van der Waals surface area contributed by atoms with Crippen molar-refractivity contribution < 1.29 is 9.53 Å². The average Bonchev–Trinajstić information content (AvgIpc) is 2.29. The standard InChI is InChI=1S/C13H20N2O2/c1-9(2)8-12(14)13(16)15-10-4-6-11(17-3)7-5-10/h4-7,9,12H,8,14H2,1-3H3,(H,15,16). The number of amides is 1. The lowest BCUT2D eigenvalue weighted by molar-refractivity contribution is -0.117. The minimum Gasteiger partial charge on any atom is -0.497 e. The van der Waals surface area contributed by atoms with Gasteiger partial charge < -0.3 is 15.8 Å². The number of nitrogens with two attached hydrogens (primary N) is 1. The fourth-order valence-electron chi connectivity index (χ4n) is 1.52. The van der Waals surface area contributed by atoms with Crippen molar-refractivity contribution in [2.24, 2.45) is 11.7 Å². The molecule has 0 saturated carbocycles. The number of hydrogen-bond donors (Lipinski definition) is 2. The lowest BCUT2D eigenvalue weighted by Crippen LogP contribution is -2.36. The normalized spacial score (nSPS) is 12.3. The number of ether oxygens (including phenoxy) is 1. The van der Waals surface area contributed by atoms with Gasteiger partial charge in [0.15, 0.2) is 0 Å². The Labute approximate surface area is 102 Å². The third-order valence-corrected chi connectivity index (χ3v) is 2.42. The third-order valence-electron chi connectivity index (χ3n) is 2.42. The van der Waals surface area contributed by atoms with Crippen LogP contribution in [0.1, 0.15) is 20.3 Å². The SMILES string of the molecule is COc1ccc(NC(=O)C(N)CC(C)C)cc1. The van der Waals surface area contributed by atoms with Crippen LogP contribution in [0.25, 0.3) is 0 Å². The quantitative estimate of drug-likeness (QED) is 0.822. The van der Waals surface area contributed by atoms with E-state index in [1.165, 1.54) is 0 Å². The molecule has 1 aromatic carbocycles. The molecule has 17 heavy (non-hydrogen) atoms. The second-order valence-corrected chi connectivity index (χ2v) is 4.45.